The third-order valence-corrected chi connectivity index (χ3v) is 3.44. The molecule has 1 unspecified atom stereocenters. The lowest BCUT2D eigenvalue weighted by Crippen LogP contribution is -2.23. The first-order chi connectivity index (χ1) is 9.81. The van der Waals surface area contributed by atoms with Crippen molar-refractivity contribution in [2.24, 2.45) is 0 Å². The molecule has 1 aromatic carbocycles. The Morgan fingerprint density at radius 3 is 2.95 bits per heavy atom. The van der Waals surface area contributed by atoms with E-state index >= 15 is 0 Å². The number of hydrogen-bond acceptors (Lipinski definition) is 6. The van der Waals surface area contributed by atoms with Crippen molar-refractivity contribution in [3.63, 3.8) is 0 Å². The van der Waals surface area contributed by atoms with Crippen LogP contribution in [0.2, 0.25) is 0 Å². The van der Waals surface area contributed by atoms with Gasteiger partial charge in [-0.2, -0.15) is 4.98 Å². The molecule has 0 saturated heterocycles. The third kappa shape index (κ3) is 2.34. The summed E-state index contributed by atoms with van der Waals surface area (Å²) in [6.07, 6.45) is 5.52. The normalized spacial score (nSPS) is 16.8. The molecule has 102 valence electrons. The molecule has 1 aromatic heterocycles. The number of fused-ring (bicyclic) bond motifs is 3. The van der Waals surface area contributed by atoms with Gasteiger partial charge in [0.2, 0.25) is 11.0 Å². The van der Waals surface area contributed by atoms with Gasteiger partial charge >= 0.3 is 0 Å². The van der Waals surface area contributed by atoms with Gasteiger partial charge in [0.1, 0.15) is 0 Å². The fraction of sp³-hybridized carbons (Fsp3) is 0.214. The van der Waals surface area contributed by atoms with E-state index < -0.39 is 0 Å². The van der Waals surface area contributed by atoms with Gasteiger partial charge in [0.05, 0.1) is 0 Å². The molecular formula is C14H14N4OS. The van der Waals surface area contributed by atoms with Crippen molar-refractivity contribution in [3.05, 3.63) is 36.4 Å². The van der Waals surface area contributed by atoms with Crippen molar-refractivity contribution in [1.82, 2.24) is 15.2 Å². The number of allylic oxidation sites excluding steroid dienone is 1. The zero-order chi connectivity index (χ0) is 13.9. The van der Waals surface area contributed by atoms with E-state index in [1.165, 1.54) is 11.8 Å². The Bertz CT molecular complexity index is 659. The van der Waals surface area contributed by atoms with E-state index in [1.54, 1.807) is 0 Å². The summed E-state index contributed by atoms with van der Waals surface area (Å²) >= 11 is 1.44. The molecule has 5 nitrogen and oxygen atoms in total. The summed E-state index contributed by atoms with van der Waals surface area (Å²) in [6.45, 7) is 1.95. The molecule has 1 N–H and O–H groups in total. The molecule has 1 aliphatic heterocycles. The number of benzene rings is 1. The van der Waals surface area contributed by atoms with Crippen LogP contribution >= 0.6 is 11.8 Å². The molecule has 2 heterocycles. The number of rotatable bonds is 2. The second-order valence-corrected chi connectivity index (χ2v) is 4.98. The number of para-hydroxylation sites is 1. The highest BCUT2D eigenvalue weighted by Crippen LogP contribution is 2.35. The number of nitrogens with one attached hydrogen (secondary N) is 1. The van der Waals surface area contributed by atoms with E-state index in [2.05, 4.69) is 20.5 Å². The molecule has 0 saturated carbocycles. The Hall–Kier alpha value is -2.08. The molecule has 6 heteroatoms. The molecular weight excluding hydrogens is 272 g/mol. The summed E-state index contributed by atoms with van der Waals surface area (Å²) in [4.78, 5) is 4.42. The molecule has 1 aliphatic rings. The lowest BCUT2D eigenvalue weighted by atomic mass is 10.1. The second kappa shape index (κ2) is 5.50. The standard InChI is InChI=1S/C14H14N4OS/c1-3-6-11-15-10-8-5-4-7-9(10)12-13(19-11)16-14(20-2)18-17-12/h3-8,11,15H,1-2H3. The Morgan fingerprint density at radius 2 is 2.15 bits per heavy atom. The smallest absolute Gasteiger partial charge is 0.247 e. The first kappa shape index (κ1) is 12.9. The first-order valence-corrected chi connectivity index (χ1v) is 7.48. The summed E-state index contributed by atoms with van der Waals surface area (Å²) in [7, 11) is 0. The predicted molar refractivity (Wildman–Crippen MR) is 79.9 cm³/mol. The van der Waals surface area contributed by atoms with Crippen molar-refractivity contribution in [2.45, 2.75) is 18.3 Å². The van der Waals surface area contributed by atoms with Crippen molar-refractivity contribution in [3.8, 4) is 17.1 Å². The van der Waals surface area contributed by atoms with Gasteiger partial charge in [-0.15, -0.1) is 10.2 Å². The Labute approximate surface area is 121 Å². The number of anilines is 1. The average molecular weight is 286 g/mol. The Balaban J connectivity index is 2.16. The minimum Gasteiger partial charge on any atom is -0.448 e. The maximum absolute atomic E-state index is 5.90. The van der Waals surface area contributed by atoms with Crippen LogP contribution in [0.1, 0.15) is 6.92 Å². The van der Waals surface area contributed by atoms with Crippen molar-refractivity contribution >= 4 is 17.4 Å². The highest BCUT2D eigenvalue weighted by Gasteiger charge is 2.23. The molecule has 0 fully saturated rings. The van der Waals surface area contributed by atoms with Crippen LogP contribution in [-0.2, 0) is 0 Å². The van der Waals surface area contributed by atoms with Gasteiger partial charge in [0.15, 0.2) is 11.9 Å². The summed E-state index contributed by atoms with van der Waals surface area (Å²) < 4.78 is 5.90. The van der Waals surface area contributed by atoms with E-state index in [9.17, 15) is 0 Å². The van der Waals surface area contributed by atoms with Crippen LogP contribution in [-0.4, -0.2) is 27.7 Å². The monoisotopic (exact) mass is 286 g/mol. The molecule has 2 aromatic rings. The predicted octanol–water partition coefficient (Wildman–Crippen LogP) is 2.97. The topological polar surface area (TPSA) is 59.9 Å². The van der Waals surface area contributed by atoms with Crippen molar-refractivity contribution in [1.29, 1.82) is 0 Å². The van der Waals surface area contributed by atoms with Gasteiger partial charge in [0, 0.05) is 11.3 Å². The van der Waals surface area contributed by atoms with Crippen molar-refractivity contribution in [2.75, 3.05) is 11.6 Å². The maximum Gasteiger partial charge on any atom is 0.247 e. The van der Waals surface area contributed by atoms with Gasteiger partial charge in [-0.05, 0) is 25.3 Å². The van der Waals surface area contributed by atoms with Crippen LogP contribution in [0.15, 0.2) is 41.6 Å². The van der Waals surface area contributed by atoms with E-state index in [0.29, 0.717) is 16.7 Å². The average Bonchev–Trinajstić information content (AvgIpc) is 2.63. The summed E-state index contributed by atoms with van der Waals surface area (Å²) in [5.74, 6) is 0.505. The summed E-state index contributed by atoms with van der Waals surface area (Å²) in [5.41, 5.74) is 2.57. The largest absolute Gasteiger partial charge is 0.448 e. The highest BCUT2D eigenvalue weighted by atomic mass is 32.2. The van der Waals surface area contributed by atoms with Gasteiger partial charge in [-0.25, -0.2) is 0 Å². The SMILES string of the molecule is CC=CC1Nc2ccccc2-c2nnc(SC)nc2O1. The van der Waals surface area contributed by atoms with Gasteiger partial charge in [-0.3, -0.25) is 0 Å². The fourth-order valence-corrected chi connectivity index (χ4v) is 2.31. The molecule has 0 amide bonds. The Kier molecular flexibility index (Phi) is 3.56. The number of ether oxygens (including phenoxy) is 1. The van der Waals surface area contributed by atoms with Crippen LogP contribution in [0.4, 0.5) is 5.69 Å². The molecule has 1 atom stereocenters. The van der Waals surface area contributed by atoms with Crippen LogP contribution in [0.5, 0.6) is 5.88 Å². The summed E-state index contributed by atoms with van der Waals surface area (Å²) in [6, 6.07) is 7.91. The minimum atomic E-state index is -0.270. The van der Waals surface area contributed by atoms with E-state index in [0.717, 1.165) is 11.3 Å². The molecule has 0 bridgehead atoms. The Morgan fingerprint density at radius 1 is 1.30 bits per heavy atom. The van der Waals surface area contributed by atoms with Gasteiger partial charge in [-0.1, -0.05) is 36.0 Å². The third-order valence-electron chi connectivity index (χ3n) is 2.90. The van der Waals surface area contributed by atoms with Gasteiger partial charge < -0.3 is 10.1 Å². The van der Waals surface area contributed by atoms with E-state index in [-0.39, 0.29) is 6.23 Å². The zero-order valence-electron chi connectivity index (χ0n) is 11.2. The number of aromatic nitrogens is 3. The number of hydrogen-bond donors (Lipinski definition) is 1. The molecule has 20 heavy (non-hydrogen) atoms. The first-order valence-electron chi connectivity index (χ1n) is 6.26. The lowest BCUT2D eigenvalue weighted by Gasteiger charge is -2.14. The summed E-state index contributed by atoms with van der Waals surface area (Å²) in [5, 5.41) is 12.3. The fourth-order valence-electron chi connectivity index (χ4n) is 2.02. The van der Waals surface area contributed by atoms with E-state index in [4.69, 9.17) is 4.74 Å². The highest BCUT2D eigenvalue weighted by molar-refractivity contribution is 7.98. The molecule has 0 aliphatic carbocycles. The van der Waals surface area contributed by atoms with E-state index in [1.807, 2.05) is 49.6 Å². The molecule has 0 radical (unpaired) electrons. The number of thioether (sulfide) groups is 1. The van der Waals surface area contributed by atoms with Crippen LogP contribution < -0.4 is 10.1 Å². The lowest BCUT2D eigenvalue weighted by molar-refractivity contribution is 0.265. The molecule has 0 spiro atoms. The van der Waals surface area contributed by atoms with Crippen LogP contribution in [0.3, 0.4) is 0 Å². The zero-order valence-corrected chi connectivity index (χ0v) is 12.0. The van der Waals surface area contributed by atoms with Crippen LogP contribution in [0.25, 0.3) is 11.3 Å². The molecule has 3 rings (SSSR count). The van der Waals surface area contributed by atoms with Crippen molar-refractivity contribution < 1.29 is 4.74 Å². The maximum atomic E-state index is 5.90. The quantitative estimate of drug-likeness (QED) is 0.676. The number of nitrogens with zero attached hydrogens (tertiary/aromatic N) is 3. The van der Waals surface area contributed by atoms with Crippen LogP contribution in [0, 0.1) is 0 Å². The minimum absolute atomic E-state index is 0.270. The van der Waals surface area contributed by atoms with Gasteiger partial charge in [0.25, 0.3) is 0 Å². The second-order valence-electron chi connectivity index (χ2n) is 4.21.